The van der Waals surface area contributed by atoms with Crippen LogP contribution in [0.5, 0.6) is 0 Å². The highest BCUT2D eigenvalue weighted by molar-refractivity contribution is 6.41. The van der Waals surface area contributed by atoms with Crippen LogP contribution < -0.4 is 5.32 Å². The number of likely N-dealkylation sites (tertiary alicyclic amines) is 1. The number of rotatable bonds is 4. The summed E-state index contributed by atoms with van der Waals surface area (Å²) in [5, 5.41) is 3.47. The summed E-state index contributed by atoms with van der Waals surface area (Å²) in [5.41, 5.74) is 0.449. The second kappa shape index (κ2) is 7.25. The molecule has 0 atom stereocenters. The Hall–Kier alpha value is -0.840. The van der Waals surface area contributed by atoms with E-state index in [1.54, 1.807) is 6.07 Å². The van der Waals surface area contributed by atoms with E-state index in [2.05, 4.69) is 22.1 Å². The molecule has 20 heavy (non-hydrogen) atoms. The largest absolute Gasteiger partial charge is 0.352 e. The van der Waals surface area contributed by atoms with Crippen molar-refractivity contribution in [1.82, 2.24) is 15.2 Å². The molecule has 1 aromatic heterocycles. The van der Waals surface area contributed by atoms with E-state index in [1.807, 2.05) is 0 Å². The summed E-state index contributed by atoms with van der Waals surface area (Å²) in [5.74, 6) is 0.409. The molecule has 2 heterocycles. The second-order valence-electron chi connectivity index (χ2n) is 5.08. The monoisotopic (exact) mass is 315 g/mol. The fraction of sp³-hybridized carbons (Fsp3) is 0.571. The zero-order chi connectivity index (χ0) is 14.5. The minimum absolute atomic E-state index is 0.144. The van der Waals surface area contributed by atoms with Gasteiger partial charge in [-0.25, -0.2) is 4.98 Å². The minimum atomic E-state index is -0.144. The molecule has 0 radical (unpaired) electrons. The predicted molar refractivity (Wildman–Crippen MR) is 81.4 cm³/mol. The zero-order valence-corrected chi connectivity index (χ0v) is 13.0. The Morgan fingerprint density at radius 1 is 1.45 bits per heavy atom. The number of nitrogens with zero attached hydrogens (tertiary/aromatic N) is 2. The van der Waals surface area contributed by atoms with Crippen molar-refractivity contribution in [2.24, 2.45) is 5.92 Å². The average molecular weight is 316 g/mol. The molecule has 2 rings (SSSR count). The first-order valence-electron chi connectivity index (χ1n) is 6.91. The van der Waals surface area contributed by atoms with Gasteiger partial charge in [-0.15, -0.1) is 0 Å². The van der Waals surface area contributed by atoms with E-state index in [-0.39, 0.29) is 11.1 Å². The fourth-order valence-electron chi connectivity index (χ4n) is 2.39. The molecular weight excluding hydrogens is 297 g/mol. The third-order valence-electron chi connectivity index (χ3n) is 3.76. The smallest absolute Gasteiger partial charge is 0.252 e. The van der Waals surface area contributed by atoms with Gasteiger partial charge in [0.2, 0.25) is 0 Å². The Morgan fingerprint density at radius 2 is 2.15 bits per heavy atom. The number of piperidine rings is 1. The third kappa shape index (κ3) is 4.08. The van der Waals surface area contributed by atoms with Gasteiger partial charge in [0.1, 0.15) is 5.15 Å². The number of hydrogen-bond acceptors (Lipinski definition) is 3. The molecule has 1 aliphatic heterocycles. The lowest BCUT2D eigenvalue weighted by atomic mass is 9.97. The first-order valence-corrected chi connectivity index (χ1v) is 7.67. The lowest BCUT2D eigenvalue weighted by Gasteiger charge is -2.31. The van der Waals surface area contributed by atoms with Crippen LogP contribution in [0.4, 0.5) is 0 Å². The van der Waals surface area contributed by atoms with Crippen molar-refractivity contribution in [3.63, 3.8) is 0 Å². The molecule has 0 unspecified atom stereocenters. The molecule has 1 amide bonds. The minimum Gasteiger partial charge on any atom is -0.352 e. The van der Waals surface area contributed by atoms with Crippen LogP contribution in [-0.4, -0.2) is 42.0 Å². The molecule has 6 heteroatoms. The summed E-state index contributed by atoms with van der Waals surface area (Å²) in [6.45, 7) is 6.22. The first-order chi connectivity index (χ1) is 9.60. The summed E-state index contributed by atoms with van der Waals surface area (Å²) in [6.07, 6.45) is 3.71. The molecule has 0 saturated carbocycles. The molecule has 4 nitrogen and oxygen atoms in total. The van der Waals surface area contributed by atoms with E-state index < -0.39 is 0 Å². The highest BCUT2D eigenvalue weighted by atomic mass is 35.5. The molecular formula is C14H19Cl2N3O. The van der Waals surface area contributed by atoms with Gasteiger partial charge >= 0.3 is 0 Å². The summed E-state index contributed by atoms with van der Waals surface area (Å²) in [4.78, 5) is 18.3. The maximum Gasteiger partial charge on any atom is 0.252 e. The van der Waals surface area contributed by atoms with Crippen LogP contribution in [-0.2, 0) is 0 Å². The van der Waals surface area contributed by atoms with E-state index in [0.717, 1.165) is 32.5 Å². The highest BCUT2D eigenvalue weighted by Crippen LogP contribution is 2.20. The number of amides is 1. The summed E-state index contributed by atoms with van der Waals surface area (Å²) < 4.78 is 0. The van der Waals surface area contributed by atoms with Gasteiger partial charge in [0.15, 0.2) is 0 Å². The van der Waals surface area contributed by atoms with Crippen molar-refractivity contribution in [2.45, 2.75) is 19.8 Å². The average Bonchev–Trinajstić information content (AvgIpc) is 2.48. The van der Waals surface area contributed by atoms with Gasteiger partial charge < -0.3 is 10.2 Å². The van der Waals surface area contributed by atoms with Gasteiger partial charge in [-0.2, -0.15) is 0 Å². The summed E-state index contributed by atoms with van der Waals surface area (Å²) >= 11 is 11.6. The van der Waals surface area contributed by atoms with Crippen molar-refractivity contribution in [2.75, 3.05) is 26.2 Å². The second-order valence-corrected chi connectivity index (χ2v) is 5.85. The number of pyridine rings is 1. The number of hydrogen-bond donors (Lipinski definition) is 1. The zero-order valence-electron chi connectivity index (χ0n) is 11.5. The molecule has 1 fully saturated rings. The van der Waals surface area contributed by atoms with Gasteiger partial charge in [0.25, 0.3) is 5.91 Å². The van der Waals surface area contributed by atoms with Crippen LogP contribution in [0.3, 0.4) is 0 Å². The normalized spacial score (nSPS) is 17.1. The van der Waals surface area contributed by atoms with Crippen LogP contribution in [0.15, 0.2) is 12.3 Å². The van der Waals surface area contributed by atoms with Crippen LogP contribution >= 0.6 is 23.2 Å². The molecule has 0 spiro atoms. The maximum absolute atomic E-state index is 12.0. The molecule has 0 aromatic carbocycles. The molecule has 1 aliphatic rings. The maximum atomic E-state index is 12.0. The van der Waals surface area contributed by atoms with E-state index in [1.165, 1.54) is 6.20 Å². The quantitative estimate of drug-likeness (QED) is 0.869. The van der Waals surface area contributed by atoms with Crippen molar-refractivity contribution < 1.29 is 4.79 Å². The molecule has 1 aromatic rings. The Bertz CT molecular complexity index is 473. The number of halogens is 2. The molecule has 1 saturated heterocycles. The van der Waals surface area contributed by atoms with E-state index in [9.17, 15) is 4.79 Å². The first kappa shape index (κ1) is 15.5. The third-order valence-corrected chi connectivity index (χ3v) is 4.45. The lowest BCUT2D eigenvalue weighted by Crippen LogP contribution is -2.38. The van der Waals surface area contributed by atoms with Gasteiger partial charge in [-0.3, -0.25) is 4.79 Å². The highest BCUT2D eigenvalue weighted by Gasteiger charge is 2.19. The SMILES string of the molecule is CCN1CCC(CNC(=O)c2cnc(Cl)c(Cl)c2)CC1. The van der Waals surface area contributed by atoms with E-state index in [0.29, 0.717) is 23.0 Å². The van der Waals surface area contributed by atoms with Gasteiger partial charge in [-0.1, -0.05) is 30.1 Å². The summed E-state index contributed by atoms with van der Waals surface area (Å²) in [7, 11) is 0. The number of carbonyl (C=O) groups is 1. The van der Waals surface area contributed by atoms with Crippen molar-refractivity contribution in [3.05, 3.63) is 28.0 Å². The van der Waals surface area contributed by atoms with Crippen LogP contribution in [0.25, 0.3) is 0 Å². The Kier molecular flexibility index (Phi) is 5.64. The van der Waals surface area contributed by atoms with E-state index >= 15 is 0 Å². The lowest BCUT2D eigenvalue weighted by molar-refractivity contribution is 0.0936. The number of nitrogens with one attached hydrogen (secondary N) is 1. The van der Waals surface area contributed by atoms with E-state index in [4.69, 9.17) is 23.2 Å². The molecule has 0 aliphatic carbocycles. The molecule has 0 bridgehead atoms. The van der Waals surface area contributed by atoms with Crippen LogP contribution in [0, 0.1) is 5.92 Å². The van der Waals surface area contributed by atoms with Crippen molar-refractivity contribution in [1.29, 1.82) is 0 Å². The van der Waals surface area contributed by atoms with Gasteiger partial charge in [0.05, 0.1) is 10.6 Å². The van der Waals surface area contributed by atoms with Gasteiger partial charge in [-0.05, 0) is 44.5 Å². The summed E-state index contributed by atoms with van der Waals surface area (Å²) in [6, 6.07) is 1.55. The van der Waals surface area contributed by atoms with Crippen LogP contribution in [0.1, 0.15) is 30.1 Å². The standard InChI is InChI=1S/C14H19Cl2N3O/c1-2-19-5-3-10(4-6-19)8-18-14(20)11-7-12(15)13(16)17-9-11/h7,9-10H,2-6,8H2,1H3,(H,18,20). The molecule has 1 N–H and O–H groups in total. The topological polar surface area (TPSA) is 45.2 Å². The number of aromatic nitrogens is 1. The Balaban J connectivity index is 1.82. The van der Waals surface area contributed by atoms with Crippen molar-refractivity contribution in [3.8, 4) is 0 Å². The number of carbonyl (C=O) groups excluding carboxylic acids is 1. The van der Waals surface area contributed by atoms with Crippen LogP contribution in [0.2, 0.25) is 10.2 Å². The fourth-order valence-corrected chi connectivity index (χ4v) is 2.66. The predicted octanol–water partition coefficient (Wildman–Crippen LogP) is 2.85. The Labute approximate surface area is 129 Å². The van der Waals surface area contributed by atoms with Gasteiger partial charge in [0, 0.05) is 12.7 Å². The Morgan fingerprint density at radius 3 is 2.75 bits per heavy atom. The molecule has 110 valence electrons. The van der Waals surface area contributed by atoms with Crippen molar-refractivity contribution >= 4 is 29.1 Å².